The van der Waals surface area contributed by atoms with E-state index in [-0.39, 0.29) is 10.9 Å². The van der Waals surface area contributed by atoms with Crippen LogP contribution in [0.1, 0.15) is 6.92 Å². The summed E-state index contributed by atoms with van der Waals surface area (Å²) in [6, 6.07) is 12.5. The number of nitrogens with zero attached hydrogens (tertiary/aromatic N) is 2. The van der Waals surface area contributed by atoms with E-state index in [0.717, 1.165) is 11.0 Å². The van der Waals surface area contributed by atoms with Gasteiger partial charge < -0.3 is 4.74 Å². The van der Waals surface area contributed by atoms with Crippen molar-refractivity contribution in [1.82, 2.24) is 9.66 Å². The number of rotatable bonds is 4. The van der Waals surface area contributed by atoms with E-state index in [1.807, 2.05) is 24.3 Å². The third-order valence-corrected chi connectivity index (χ3v) is 4.07. The van der Waals surface area contributed by atoms with Crippen LogP contribution in [0.15, 0.2) is 48.8 Å². The van der Waals surface area contributed by atoms with E-state index < -0.39 is 6.10 Å². The summed E-state index contributed by atoms with van der Waals surface area (Å²) < 4.78 is 7.14. The molecule has 0 bridgehead atoms. The van der Waals surface area contributed by atoms with Crippen LogP contribution in [0.25, 0.3) is 11.0 Å². The maximum atomic E-state index is 12.3. The number of carbonyl (C=O) groups is 1. The zero-order valence-corrected chi connectivity index (χ0v) is 13.7. The number of benzene rings is 2. The van der Waals surface area contributed by atoms with Gasteiger partial charge in [0, 0.05) is 0 Å². The van der Waals surface area contributed by atoms with Crippen LogP contribution in [0.3, 0.4) is 0 Å². The van der Waals surface area contributed by atoms with Crippen molar-refractivity contribution in [1.29, 1.82) is 0 Å². The lowest BCUT2D eigenvalue weighted by Gasteiger charge is -2.16. The van der Waals surface area contributed by atoms with E-state index in [9.17, 15) is 4.79 Å². The van der Waals surface area contributed by atoms with Crippen LogP contribution in [-0.2, 0) is 4.79 Å². The second kappa shape index (κ2) is 6.48. The molecule has 0 saturated carbocycles. The first-order valence-corrected chi connectivity index (χ1v) is 7.65. The normalized spacial score (nSPS) is 12.1. The van der Waals surface area contributed by atoms with E-state index in [0.29, 0.717) is 10.8 Å². The van der Waals surface area contributed by atoms with Crippen LogP contribution < -0.4 is 10.2 Å². The summed E-state index contributed by atoms with van der Waals surface area (Å²) in [5.41, 5.74) is 4.32. The predicted molar refractivity (Wildman–Crippen MR) is 90.7 cm³/mol. The number of aromatic nitrogens is 2. The van der Waals surface area contributed by atoms with Crippen LogP contribution in [0.2, 0.25) is 10.0 Å². The first kappa shape index (κ1) is 15.6. The molecule has 118 valence electrons. The molecule has 23 heavy (non-hydrogen) atoms. The average Bonchev–Trinajstić information content (AvgIpc) is 2.95. The van der Waals surface area contributed by atoms with Gasteiger partial charge in [0.15, 0.2) is 6.10 Å². The molecule has 1 atom stereocenters. The highest BCUT2D eigenvalue weighted by atomic mass is 35.5. The van der Waals surface area contributed by atoms with E-state index in [2.05, 4.69) is 10.4 Å². The molecule has 1 heterocycles. The second-order valence-corrected chi connectivity index (χ2v) is 5.68. The third-order valence-electron chi connectivity index (χ3n) is 3.27. The molecule has 0 fully saturated rings. The van der Waals surface area contributed by atoms with Gasteiger partial charge in [-0.3, -0.25) is 10.2 Å². The lowest BCUT2D eigenvalue weighted by Crippen LogP contribution is -2.34. The Kier molecular flexibility index (Phi) is 4.41. The topological polar surface area (TPSA) is 56.1 Å². The smallest absolute Gasteiger partial charge is 0.279 e. The molecular weight excluding hydrogens is 337 g/mol. The molecule has 0 aliphatic carbocycles. The van der Waals surface area contributed by atoms with Gasteiger partial charge in [0.25, 0.3) is 5.91 Å². The summed E-state index contributed by atoms with van der Waals surface area (Å²) in [5, 5.41) is 0.652. The fraction of sp³-hybridized carbons (Fsp3) is 0.125. The number of carbonyl (C=O) groups excluding carboxylic acids is 1. The van der Waals surface area contributed by atoms with Crippen molar-refractivity contribution in [2.45, 2.75) is 13.0 Å². The number of nitrogens with one attached hydrogen (secondary N) is 1. The monoisotopic (exact) mass is 349 g/mol. The fourth-order valence-corrected chi connectivity index (χ4v) is 2.41. The van der Waals surface area contributed by atoms with Gasteiger partial charge in [0.1, 0.15) is 17.1 Å². The second-order valence-electron chi connectivity index (χ2n) is 4.89. The SMILES string of the molecule is CC(Oc1cccc(Cl)c1Cl)C(=O)Nn1cnc2ccccc21. The zero-order chi connectivity index (χ0) is 16.4. The van der Waals surface area contributed by atoms with Crippen molar-refractivity contribution in [2.75, 3.05) is 5.43 Å². The molecule has 7 heteroatoms. The van der Waals surface area contributed by atoms with Crippen molar-refractivity contribution in [3.8, 4) is 5.75 Å². The minimum Gasteiger partial charge on any atom is -0.479 e. The van der Waals surface area contributed by atoms with Gasteiger partial charge in [-0.05, 0) is 31.2 Å². The Balaban J connectivity index is 1.74. The zero-order valence-electron chi connectivity index (χ0n) is 12.2. The molecule has 3 aromatic rings. The highest BCUT2D eigenvalue weighted by molar-refractivity contribution is 6.42. The molecule has 1 N–H and O–H groups in total. The fourth-order valence-electron chi connectivity index (χ4n) is 2.08. The Morgan fingerprint density at radius 1 is 1.22 bits per heavy atom. The number of fused-ring (bicyclic) bond motifs is 1. The highest BCUT2D eigenvalue weighted by Gasteiger charge is 2.18. The Bertz CT molecular complexity index is 863. The molecule has 0 spiro atoms. The quantitative estimate of drug-likeness (QED) is 0.777. The molecule has 5 nitrogen and oxygen atoms in total. The lowest BCUT2D eigenvalue weighted by atomic mass is 10.3. The van der Waals surface area contributed by atoms with Gasteiger partial charge in [-0.15, -0.1) is 0 Å². The van der Waals surface area contributed by atoms with Crippen LogP contribution in [0, 0.1) is 0 Å². The standard InChI is InChI=1S/C16H13Cl2N3O2/c1-10(23-14-8-4-5-11(17)15(14)18)16(22)20-21-9-19-12-6-2-3-7-13(12)21/h2-10H,1H3,(H,20,22). The number of hydrogen-bond acceptors (Lipinski definition) is 3. The van der Waals surface area contributed by atoms with Crippen LogP contribution >= 0.6 is 23.2 Å². The highest BCUT2D eigenvalue weighted by Crippen LogP contribution is 2.32. The minimum absolute atomic E-state index is 0.280. The summed E-state index contributed by atoms with van der Waals surface area (Å²) in [6.45, 7) is 1.63. The van der Waals surface area contributed by atoms with Gasteiger partial charge >= 0.3 is 0 Å². The van der Waals surface area contributed by atoms with Crippen molar-refractivity contribution in [2.24, 2.45) is 0 Å². The van der Waals surface area contributed by atoms with Gasteiger partial charge in [-0.2, -0.15) is 0 Å². The summed E-state index contributed by atoms with van der Waals surface area (Å²) in [4.78, 5) is 16.5. The van der Waals surface area contributed by atoms with E-state index in [1.165, 1.54) is 0 Å². The molecule has 0 aliphatic rings. The Morgan fingerprint density at radius 2 is 2.00 bits per heavy atom. The first-order chi connectivity index (χ1) is 11.1. The number of amides is 1. The third kappa shape index (κ3) is 3.25. The van der Waals surface area contributed by atoms with Gasteiger partial charge in [0.2, 0.25) is 0 Å². The molecule has 0 saturated heterocycles. The maximum absolute atomic E-state index is 12.3. The molecule has 1 amide bonds. The first-order valence-electron chi connectivity index (χ1n) is 6.90. The largest absolute Gasteiger partial charge is 0.479 e. The lowest BCUT2D eigenvalue weighted by molar-refractivity contribution is -0.122. The van der Waals surface area contributed by atoms with Crippen molar-refractivity contribution in [3.63, 3.8) is 0 Å². The number of imidazole rings is 1. The molecule has 3 rings (SSSR count). The van der Waals surface area contributed by atoms with E-state index >= 15 is 0 Å². The van der Waals surface area contributed by atoms with Gasteiger partial charge in [-0.1, -0.05) is 41.4 Å². The predicted octanol–water partition coefficient (Wildman–Crippen LogP) is 3.88. The molecule has 0 aliphatic heterocycles. The molecule has 1 unspecified atom stereocenters. The molecule has 0 radical (unpaired) electrons. The molecule has 1 aromatic heterocycles. The summed E-state index contributed by atoms with van der Waals surface area (Å²) >= 11 is 12.0. The van der Waals surface area contributed by atoms with Crippen molar-refractivity contribution >= 4 is 40.1 Å². The van der Waals surface area contributed by atoms with Crippen LogP contribution in [0.4, 0.5) is 0 Å². The van der Waals surface area contributed by atoms with E-state index in [4.69, 9.17) is 27.9 Å². The number of hydrogen-bond donors (Lipinski definition) is 1. The summed E-state index contributed by atoms with van der Waals surface area (Å²) in [7, 11) is 0. The Morgan fingerprint density at radius 3 is 2.83 bits per heavy atom. The number of ether oxygens (including phenoxy) is 1. The van der Waals surface area contributed by atoms with Crippen LogP contribution in [0.5, 0.6) is 5.75 Å². The summed E-state index contributed by atoms with van der Waals surface area (Å²) in [5.74, 6) is 0.0292. The van der Waals surface area contributed by atoms with Gasteiger partial charge in [0.05, 0.1) is 16.1 Å². The minimum atomic E-state index is -0.757. The summed E-state index contributed by atoms with van der Waals surface area (Å²) in [6.07, 6.45) is 0.786. The van der Waals surface area contributed by atoms with Crippen molar-refractivity contribution < 1.29 is 9.53 Å². The molecular formula is C16H13Cl2N3O2. The van der Waals surface area contributed by atoms with E-state index in [1.54, 1.807) is 36.1 Å². The number of para-hydroxylation sites is 2. The average molecular weight is 350 g/mol. The Labute approximate surface area is 142 Å². The molecule has 2 aromatic carbocycles. The van der Waals surface area contributed by atoms with Gasteiger partial charge in [-0.25, -0.2) is 9.66 Å². The van der Waals surface area contributed by atoms with Crippen LogP contribution in [-0.4, -0.2) is 21.7 Å². The number of halogens is 2. The van der Waals surface area contributed by atoms with Crippen molar-refractivity contribution in [3.05, 3.63) is 58.8 Å². The Hall–Kier alpha value is -2.24. The maximum Gasteiger partial charge on any atom is 0.279 e.